The molecule has 12 heteroatoms. The van der Waals surface area contributed by atoms with E-state index in [4.69, 9.17) is 23.5 Å². The topological polar surface area (TPSA) is 121 Å². The largest absolute Gasteiger partial charge is 0.439 e. The quantitative estimate of drug-likeness (QED) is 0.395. The van der Waals surface area contributed by atoms with E-state index in [1.165, 1.54) is 16.8 Å². The summed E-state index contributed by atoms with van der Waals surface area (Å²) in [5, 5.41) is 3.02. The number of benzene rings is 2. The van der Waals surface area contributed by atoms with E-state index < -0.39 is 56.4 Å². The lowest BCUT2D eigenvalue weighted by molar-refractivity contribution is -0.256. The molecule has 11 nitrogen and oxygen atoms in total. The fraction of sp³-hybridized carbons (Fsp3) is 0.433. The van der Waals surface area contributed by atoms with Crippen molar-refractivity contribution in [2.24, 2.45) is 0 Å². The molecule has 0 spiro atoms. The van der Waals surface area contributed by atoms with E-state index in [1.54, 1.807) is 0 Å². The number of hydrogen-bond acceptors (Lipinski definition) is 8. The van der Waals surface area contributed by atoms with Gasteiger partial charge in [-0.2, -0.15) is 5.06 Å². The van der Waals surface area contributed by atoms with E-state index in [0.717, 1.165) is 21.9 Å². The van der Waals surface area contributed by atoms with Gasteiger partial charge >= 0.3 is 11.8 Å². The molecule has 3 aliphatic heterocycles. The van der Waals surface area contributed by atoms with Crippen LogP contribution in [0.2, 0.25) is 5.04 Å². The smallest absolute Gasteiger partial charge is 0.435 e. The molecule has 4 heterocycles. The van der Waals surface area contributed by atoms with Crippen LogP contribution in [0, 0.1) is 0 Å². The van der Waals surface area contributed by atoms with Crippen LogP contribution < -0.4 is 21.6 Å². The molecule has 0 saturated carbocycles. The van der Waals surface area contributed by atoms with Crippen LogP contribution in [0.1, 0.15) is 39.8 Å². The molecule has 0 aliphatic carbocycles. The molecule has 222 valence electrons. The predicted octanol–water partition coefficient (Wildman–Crippen LogP) is 2.27. The van der Waals surface area contributed by atoms with Gasteiger partial charge < -0.3 is 18.6 Å². The van der Waals surface area contributed by atoms with Crippen molar-refractivity contribution >= 4 is 24.8 Å². The zero-order valence-electron chi connectivity index (χ0n) is 23.8. The lowest BCUT2D eigenvalue weighted by atomic mass is 10.1. The molecule has 1 N–H and O–H groups in total. The number of hydrogen-bond donors (Lipinski definition) is 1. The van der Waals surface area contributed by atoms with Crippen molar-refractivity contribution in [2.75, 3.05) is 13.2 Å². The normalized spacial score (nSPS) is 25.9. The summed E-state index contributed by atoms with van der Waals surface area (Å²) in [6.07, 6.45) is -1.08. The number of aromatic nitrogens is 2. The van der Waals surface area contributed by atoms with E-state index >= 15 is 0 Å². The van der Waals surface area contributed by atoms with Crippen LogP contribution in [0.5, 0.6) is 0 Å². The number of carbonyl (C=O) groups is 1. The summed E-state index contributed by atoms with van der Waals surface area (Å²) < 4.78 is 26.2. The van der Waals surface area contributed by atoms with Gasteiger partial charge in [0.2, 0.25) is 0 Å². The highest BCUT2D eigenvalue weighted by molar-refractivity contribution is 6.99. The maximum Gasteiger partial charge on any atom is 0.435 e. The van der Waals surface area contributed by atoms with Crippen LogP contribution >= 0.6 is 0 Å². The lowest BCUT2D eigenvalue weighted by Crippen LogP contribution is -2.67. The number of H-pyrrole nitrogens is 1. The molecule has 2 aromatic carbocycles. The minimum Gasteiger partial charge on any atom is -0.439 e. The van der Waals surface area contributed by atoms with Gasteiger partial charge in [0.25, 0.3) is 13.9 Å². The first-order valence-electron chi connectivity index (χ1n) is 14.2. The standard InChI is InChI=1S/C30H35N3O8Si/c1-30(2,3)42(20-11-6-4-7-12-20,21-13-8-5-9-14-21)38-19-22-26-25(27(39-22)32-17-16-23(34)31-28(32)35)33(29(36)40-26)41-24-15-10-18-37-24/h4-9,11-14,16-17,22,24-27H,10,15,18-19H2,1-3H3,(H,31,34,35)/t22-,24?,25-,26-,27-/m1/s1. The average Bonchev–Trinajstić information content (AvgIpc) is 3.68. The van der Waals surface area contributed by atoms with Crippen LogP contribution in [0.4, 0.5) is 4.79 Å². The molecular weight excluding hydrogens is 558 g/mol. The number of nitrogens with one attached hydrogen (secondary N) is 1. The second-order valence-electron chi connectivity index (χ2n) is 11.8. The SMILES string of the molecule is CC(C)(C)[Si](OC[C@H]1O[C@@H](n2ccc(=O)[nH]c2=O)[C@H]2[C@@H]1OC(=O)N2OC1CCCO1)(c1ccccc1)c1ccccc1. The number of nitrogens with zero attached hydrogens (tertiary/aromatic N) is 2. The number of fused-ring (bicyclic) bond motifs is 1. The molecule has 0 bridgehead atoms. The predicted molar refractivity (Wildman–Crippen MR) is 155 cm³/mol. The van der Waals surface area contributed by atoms with Gasteiger partial charge in [-0.1, -0.05) is 81.4 Å². The summed E-state index contributed by atoms with van der Waals surface area (Å²) in [5.41, 5.74) is -1.21. The molecule has 3 aromatic rings. The fourth-order valence-corrected chi connectivity index (χ4v) is 10.8. The second kappa shape index (κ2) is 11.3. The maximum absolute atomic E-state index is 13.1. The summed E-state index contributed by atoms with van der Waals surface area (Å²) in [6.45, 7) is 7.13. The van der Waals surface area contributed by atoms with E-state index in [2.05, 4.69) is 50.0 Å². The van der Waals surface area contributed by atoms with Crippen molar-refractivity contribution < 1.29 is 28.3 Å². The Morgan fingerprint density at radius 3 is 2.21 bits per heavy atom. The summed E-state index contributed by atoms with van der Waals surface area (Å²) >= 11 is 0. The zero-order valence-corrected chi connectivity index (χ0v) is 24.8. The van der Waals surface area contributed by atoms with Gasteiger partial charge in [-0.3, -0.25) is 14.3 Å². The van der Waals surface area contributed by atoms with Gasteiger partial charge in [0, 0.05) is 18.7 Å². The molecular formula is C30H35N3O8Si. The number of hydroxylamine groups is 2. The lowest BCUT2D eigenvalue weighted by Gasteiger charge is -2.43. The molecule has 3 saturated heterocycles. The fourth-order valence-electron chi connectivity index (χ4n) is 6.24. The molecule has 5 atom stereocenters. The summed E-state index contributed by atoms with van der Waals surface area (Å²) in [6, 6.07) is 20.8. The summed E-state index contributed by atoms with van der Waals surface area (Å²) in [5.74, 6) is 0. The Hall–Kier alpha value is -3.55. The first kappa shape index (κ1) is 28.6. The number of carbonyl (C=O) groups excluding carboxylic acids is 1. The molecule has 3 aliphatic rings. The Kier molecular flexibility index (Phi) is 7.66. The third-order valence-corrected chi connectivity index (χ3v) is 13.1. The number of ether oxygens (including phenoxy) is 3. The van der Waals surface area contributed by atoms with Crippen LogP contribution in [0.15, 0.2) is 82.5 Å². The highest BCUT2D eigenvalue weighted by Gasteiger charge is 2.60. The van der Waals surface area contributed by atoms with E-state index in [0.29, 0.717) is 13.0 Å². The van der Waals surface area contributed by atoms with Crippen LogP contribution in [-0.4, -0.2) is 66.8 Å². The minimum absolute atomic E-state index is 0.0874. The molecule has 0 radical (unpaired) electrons. The first-order valence-corrected chi connectivity index (χ1v) is 16.1. The Morgan fingerprint density at radius 2 is 1.64 bits per heavy atom. The van der Waals surface area contributed by atoms with Crippen molar-refractivity contribution in [1.82, 2.24) is 14.6 Å². The molecule has 6 rings (SSSR count). The second-order valence-corrected chi connectivity index (χ2v) is 16.1. The van der Waals surface area contributed by atoms with Crippen molar-refractivity contribution in [3.63, 3.8) is 0 Å². The van der Waals surface area contributed by atoms with Gasteiger partial charge in [0.1, 0.15) is 12.1 Å². The first-order chi connectivity index (χ1) is 20.2. The molecule has 1 aromatic heterocycles. The monoisotopic (exact) mass is 593 g/mol. The van der Waals surface area contributed by atoms with E-state index in [1.807, 2.05) is 36.4 Å². The summed E-state index contributed by atoms with van der Waals surface area (Å²) in [7, 11) is -2.95. The van der Waals surface area contributed by atoms with Crippen molar-refractivity contribution in [1.29, 1.82) is 0 Å². The van der Waals surface area contributed by atoms with Gasteiger partial charge in [-0.25, -0.2) is 14.4 Å². The third kappa shape index (κ3) is 5.03. The van der Waals surface area contributed by atoms with Gasteiger partial charge in [0.05, 0.1) is 13.2 Å². The van der Waals surface area contributed by atoms with Crippen molar-refractivity contribution in [2.45, 2.75) is 69.4 Å². The molecule has 42 heavy (non-hydrogen) atoms. The number of rotatable bonds is 8. The zero-order chi connectivity index (χ0) is 29.5. The van der Waals surface area contributed by atoms with Gasteiger partial charge in [0.15, 0.2) is 18.6 Å². The van der Waals surface area contributed by atoms with Crippen LogP contribution in [-0.2, 0) is 23.5 Å². The van der Waals surface area contributed by atoms with E-state index in [9.17, 15) is 14.4 Å². The highest BCUT2D eigenvalue weighted by atomic mass is 28.4. The van der Waals surface area contributed by atoms with Crippen molar-refractivity contribution in [3.05, 3.63) is 93.8 Å². The Bertz CT molecular complexity index is 1480. The number of aromatic amines is 1. The Morgan fingerprint density at radius 1 is 0.976 bits per heavy atom. The molecule has 1 amide bonds. The molecule has 1 unspecified atom stereocenters. The average molecular weight is 594 g/mol. The minimum atomic E-state index is -2.95. The van der Waals surface area contributed by atoms with Crippen molar-refractivity contribution in [3.8, 4) is 0 Å². The van der Waals surface area contributed by atoms with Crippen LogP contribution in [0.25, 0.3) is 0 Å². The Balaban J connectivity index is 1.37. The van der Waals surface area contributed by atoms with Crippen LogP contribution in [0.3, 0.4) is 0 Å². The van der Waals surface area contributed by atoms with Gasteiger partial charge in [-0.05, 0) is 21.8 Å². The maximum atomic E-state index is 13.1. The number of amides is 1. The summed E-state index contributed by atoms with van der Waals surface area (Å²) in [4.78, 5) is 46.0. The Labute approximate surface area is 244 Å². The van der Waals surface area contributed by atoms with E-state index in [-0.39, 0.29) is 11.6 Å². The highest BCUT2D eigenvalue weighted by Crippen LogP contribution is 2.42. The van der Waals surface area contributed by atoms with Gasteiger partial charge in [-0.15, -0.1) is 0 Å². The third-order valence-electron chi connectivity index (χ3n) is 8.12. The molecule has 3 fully saturated rings.